The largest absolute Gasteiger partial charge is 0.382 e. The van der Waals surface area contributed by atoms with Crippen molar-refractivity contribution >= 4 is 11.8 Å². The number of unbranched alkanes of at least 4 members (excludes halogenated alkanes) is 1. The van der Waals surface area contributed by atoms with Crippen LogP contribution in [0.1, 0.15) is 33.1 Å². The van der Waals surface area contributed by atoms with E-state index in [1.54, 1.807) is 7.11 Å². The van der Waals surface area contributed by atoms with E-state index in [-0.39, 0.29) is 30.3 Å². The van der Waals surface area contributed by atoms with Crippen LogP contribution in [0.3, 0.4) is 0 Å². The number of nitrogens with zero attached hydrogens (tertiary/aromatic N) is 1. The van der Waals surface area contributed by atoms with Crippen LogP contribution >= 0.6 is 0 Å². The lowest BCUT2D eigenvalue weighted by Gasteiger charge is -2.19. The van der Waals surface area contributed by atoms with Gasteiger partial charge < -0.3 is 14.8 Å². The molecular formula is C14H26N2O4. The summed E-state index contributed by atoms with van der Waals surface area (Å²) in [6, 6.07) is -0.407. The van der Waals surface area contributed by atoms with Crippen LogP contribution in [0, 0.1) is 0 Å². The number of carbonyl (C=O) groups excluding carboxylic acids is 2. The minimum Gasteiger partial charge on any atom is -0.382 e. The Morgan fingerprint density at radius 2 is 2.00 bits per heavy atom. The quantitative estimate of drug-likeness (QED) is 0.469. The summed E-state index contributed by atoms with van der Waals surface area (Å²) in [4.78, 5) is 25.1. The van der Waals surface area contributed by atoms with Crippen LogP contribution in [0.5, 0.6) is 0 Å². The van der Waals surface area contributed by atoms with Gasteiger partial charge in [0.1, 0.15) is 0 Å². The minimum atomic E-state index is -0.348. The van der Waals surface area contributed by atoms with E-state index in [2.05, 4.69) is 5.32 Å². The van der Waals surface area contributed by atoms with E-state index in [9.17, 15) is 9.59 Å². The van der Waals surface area contributed by atoms with E-state index in [1.807, 2.05) is 13.8 Å². The highest BCUT2D eigenvalue weighted by molar-refractivity contribution is 6.05. The van der Waals surface area contributed by atoms with Crippen LogP contribution < -0.4 is 5.32 Å². The molecule has 0 spiro atoms. The zero-order valence-electron chi connectivity index (χ0n) is 12.7. The second kappa shape index (κ2) is 9.05. The lowest BCUT2D eigenvalue weighted by Crippen LogP contribution is -2.42. The average molecular weight is 286 g/mol. The molecule has 0 aromatic carbocycles. The van der Waals surface area contributed by atoms with E-state index in [0.29, 0.717) is 19.8 Å². The van der Waals surface area contributed by atoms with Crippen molar-refractivity contribution in [2.75, 3.05) is 33.5 Å². The summed E-state index contributed by atoms with van der Waals surface area (Å²) in [6.07, 6.45) is 2.13. The van der Waals surface area contributed by atoms with Gasteiger partial charge in [0.25, 0.3) is 0 Å². The normalized spacial score (nSPS) is 19.4. The number of methoxy groups -OCH3 is 1. The second-order valence-corrected chi connectivity index (χ2v) is 5.22. The fourth-order valence-corrected chi connectivity index (χ4v) is 2.20. The van der Waals surface area contributed by atoms with E-state index >= 15 is 0 Å². The average Bonchev–Trinajstić information content (AvgIpc) is 2.67. The Morgan fingerprint density at radius 3 is 2.60 bits per heavy atom. The number of nitrogens with one attached hydrogen (secondary N) is 1. The number of amides is 2. The van der Waals surface area contributed by atoms with Gasteiger partial charge in [-0.15, -0.1) is 0 Å². The number of ether oxygens (including phenoxy) is 2. The number of likely N-dealkylation sites (tertiary alicyclic amines) is 1. The highest BCUT2D eigenvalue weighted by Crippen LogP contribution is 2.16. The molecule has 0 aromatic rings. The number of carbonyl (C=O) groups is 2. The fourth-order valence-electron chi connectivity index (χ4n) is 2.20. The summed E-state index contributed by atoms with van der Waals surface area (Å²) < 4.78 is 10.2. The van der Waals surface area contributed by atoms with Crippen LogP contribution in [-0.2, 0) is 19.1 Å². The van der Waals surface area contributed by atoms with Gasteiger partial charge in [-0.05, 0) is 33.2 Å². The third-order valence-electron chi connectivity index (χ3n) is 3.24. The second-order valence-electron chi connectivity index (χ2n) is 5.22. The smallest absolute Gasteiger partial charge is 0.247 e. The summed E-state index contributed by atoms with van der Waals surface area (Å²) in [5.41, 5.74) is 0. The number of hydrogen-bond acceptors (Lipinski definition) is 5. The molecule has 20 heavy (non-hydrogen) atoms. The lowest BCUT2D eigenvalue weighted by atomic mass is 10.2. The third-order valence-corrected chi connectivity index (χ3v) is 3.24. The maximum absolute atomic E-state index is 12.0. The zero-order valence-corrected chi connectivity index (χ0v) is 12.7. The molecule has 0 aromatic heterocycles. The molecule has 1 heterocycles. The first kappa shape index (κ1) is 17.1. The molecule has 0 radical (unpaired) electrons. The Labute approximate surface area is 120 Å². The Kier molecular flexibility index (Phi) is 7.72. The molecule has 0 bridgehead atoms. The van der Waals surface area contributed by atoms with Crippen molar-refractivity contribution in [1.29, 1.82) is 0 Å². The number of hydrogen-bond donors (Lipinski definition) is 1. The molecule has 1 aliphatic rings. The monoisotopic (exact) mass is 286 g/mol. The van der Waals surface area contributed by atoms with Gasteiger partial charge in [-0.1, -0.05) is 0 Å². The predicted molar refractivity (Wildman–Crippen MR) is 75.3 cm³/mol. The van der Waals surface area contributed by atoms with Crippen molar-refractivity contribution in [3.8, 4) is 0 Å². The number of imide groups is 1. The Balaban J connectivity index is 2.11. The van der Waals surface area contributed by atoms with Gasteiger partial charge in [-0.2, -0.15) is 0 Å². The van der Waals surface area contributed by atoms with Crippen molar-refractivity contribution in [2.45, 2.75) is 45.2 Å². The van der Waals surface area contributed by atoms with Gasteiger partial charge in [-0.25, -0.2) is 0 Å². The molecule has 1 atom stereocenters. The van der Waals surface area contributed by atoms with Crippen LogP contribution in [-0.4, -0.2) is 62.3 Å². The van der Waals surface area contributed by atoms with Gasteiger partial charge in [0.05, 0.1) is 25.7 Å². The Hall–Kier alpha value is -0.980. The first-order valence-corrected chi connectivity index (χ1v) is 7.24. The Bertz CT molecular complexity index is 320. The summed E-state index contributed by atoms with van der Waals surface area (Å²) >= 11 is 0. The van der Waals surface area contributed by atoms with Gasteiger partial charge in [0.15, 0.2) is 0 Å². The van der Waals surface area contributed by atoms with Gasteiger partial charge in [0, 0.05) is 19.8 Å². The lowest BCUT2D eigenvalue weighted by molar-refractivity contribution is -0.140. The van der Waals surface area contributed by atoms with Gasteiger partial charge in [-0.3, -0.25) is 14.5 Å². The first-order valence-electron chi connectivity index (χ1n) is 7.24. The highest BCUT2D eigenvalue weighted by Gasteiger charge is 2.39. The molecule has 0 saturated carbocycles. The van der Waals surface area contributed by atoms with E-state index in [1.165, 1.54) is 4.90 Å². The van der Waals surface area contributed by atoms with Crippen LogP contribution in [0.25, 0.3) is 0 Å². The standard InChI is InChI=1S/C14H26N2O4/c1-11(2)16-13(17)10-12(14(16)18)15-6-4-5-7-20-9-8-19-3/h11-12,15H,4-10H2,1-3H3. The molecule has 6 heteroatoms. The Morgan fingerprint density at radius 1 is 1.25 bits per heavy atom. The molecule has 1 N–H and O–H groups in total. The number of rotatable bonds is 10. The van der Waals surface area contributed by atoms with Crippen molar-refractivity contribution in [3.05, 3.63) is 0 Å². The molecule has 2 amide bonds. The molecule has 6 nitrogen and oxygen atoms in total. The summed E-state index contributed by atoms with van der Waals surface area (Å²) in [5, 5.41) is 3.16. The van der Waals surface area contributed by atoms with Crippen molar-refractivity contribution in [3.63, 3.8) is 0 Å². The highest BCUT2D eigenvalue weighted by atomic mass is 16.5. The van der Waals surface area contributed by atoms with Crippen LogP contribution in [0.15, 0.2) is 0 Å². The minimum absolute atomic E-state index is 0.0593. The molecule has 1 unspecified atom stereocenters. The van der Waals surface area contributed by atoms with Crippen LogP contribution in [0.4, 0.5) is 0 Å². The predicted octanol–water partition coefficient (Wildman–Crippen LogP) is 0.555. The van der Waals surface area contributed by atoms with E-state index < -0.39 is 0 Å². The van der Waals surface area contributed by atoms with Crippen molar-refractivity contribution in [2.24, 2.45) is 0 Å². The molecule has 1 saturated heterocycles. The first-order chi connectivity index (χ1) is 9.57. The van der Waals surface area contributed by atoms with E-state index in [0.717, 1.165) is 19.4 Å². The summed E-state index contributed by atoms with van der Waals surface area (Å²) in [5.74, 6) is -0.174. The fraction of sp³-hybridized carbons (Fsp3) is 0.857. The topological polar surface area (TPSA) is 67.9 Å². The van der Waals surface area contributed by atoms with Crippen LogP contribution in [0.2, 0.25) is 0 Å². The molecule has 0 aliphatic carbocycles. The van der Waals surface area contributed by atoms with Crippen molar-refractivity contribution < 1.29 is 19.1 Å². The molecule has 116 valence electrons. The summed E-state index contributed by atoms with van der Waals surface area (Å²) in [7, 11) is 1.65. The van der Waals surface area contributed by atoms with Gasteiger partial charge >= 0.3 is 0 Å². The molecule has 1 rings (SSSR count). The van der Waals surface area contributed by atoms with Crippen molar-refractivity contribution in [1.82, 2.24) is 10.2 Å². The summed E-state index contributed by atoms with van der Waals surface area (Å²) in [6.45, 7) is 6.36. The SMILES string of the molecule is COCCOCCCCNC1CC(=O)N(C(C)C)C1=O. The maximum atomic E-state index is 12.0. The molecular weight excluding hydrogens is 260 g/mol. The third kappa shape index (κ3) is 5.19. The van der Waals surface area contributed by atoms with E-state index in [4.69, 9.17) is 9.47 Å². The zero-order chi connectivity index (χ0) is 15.0. The molecule has 1 aliphatic heterocycles. The maximum Gasteiger partial charge on any atom is 0.247 e. The molecule has 1 fully saturated rings. The van der Waals surface area contributed by atoms with Gasteiger partial charge in [0.2, 0.25) is 11.8 Å².